The summed E-state index contributed by atoms with van der Waals surface area (Å²) < 4.78 is 7.01. The quantitative estimate of drug-likeness (QED) is 0.800. The lowest BCUT2D eigenvalue weighted by Gasteiger charge is -2.20. The van der Waals surface area contributed by atoms with Crippen molar-refractivity contribution in [2.24, 2.45) is 0 Å². The Labute approximate surface area is 138 Å². The highest BCUT2D eigenvalue weighted by molar-refractivity contribution is 5.96. The van der Waals surface area contributed by atoms with E-state index in [-0.39, 0.29) is 17.2 Å². The van der Waals surface area contributed by atoms with Gasteiger partial charge in [-0.25, -0.2) is 4.79 Å². The summed E-state index contributed by atoms with van der Waals surface area (Å²) in [6.45, 7) is 1.93. The highest BCUT2D eigenvalue weighted by Crippen LogP contribution is 2.30. The van der Waals surface area contributed by atoms with Crippen molar-refractivity contribution in [3.8, 4) is 5.75 Å². The molecule has 0 amide bonds. The Morgan fingerprint density at radius 2 is 1.83 bits per heavy atom. The number of ether oxygens (including phenoxy) is 1. The molecule has 0 bridgehead atoms. The second-order valence-corrected chi connectivity index (χ2v) is 5.55. The number of benzene rings is 2. The van der Waals surface area contributed by atoms with Crippen molar-refractivity contribution in [3.05, 3.63) is 76.1 Å². The fourth-order valence-electron chi connectivity index (χ4n) is 2.91. The first-order chi connectivity index (χ1) is 11.5. The number of nitrogens with zero attached hydrogens (tertiary/aromatic N) is 1. The van der Waals surface area contributed by atoms with E-state index in [1.54, 1.807) is 16.7 Å². The summed E-state index contributed by atoms with van der Waals surface area (Å²) in [6, 6.07) is 15.5. The Balaban J connectivity index is 2.33. The standard InChI is InChI=1S/C19H17NO4/c1-12(13-6-4-3-5-7-13)20-17(21)9-8-14-10-15(19(22)23)11-16(24-2)18(14)20/h3-12H,1-2H3,(H,22,23). The molecule has 1 heterocycles. The third-order valence-electron chi connectivity index (χ3n) is 4.12. The number of aromatic nitrogens is 1. The molecule has 1 atom stereocenters. The molecule has 0 saturated heterocycles. The van der Waals surface area contributed by atoms with Crippen LogP contribution in [0.15, 0.2) is 59.4 Å². The van der Waals surface area contributed by atoms with Gasteiger partial charge in [-0.3, -0.25) is 9.36 Å². The Bertz CT molecular complexity index is 960. The van der Waals surface area contributed by atoms with Crippen LogP contribution in [0.1, 0.15) is 28.9 Å². The molecule has 5 nitrogen and oxygen atoms in total. The molecule has 0 radical (unpaired) electrons. The predicted octanol–water partition coefficient (Wildman–Crippen LogP) is 3.32. The summed E-state index contributed by atoms with van der Waals surface area (Å²) >= 11 is 0. The Hall–Kier alpha value is -3.08. The molecule has 3 rings (SSSR count). The van der Waals surface area contributed by atoms with E-state index in [0.29, 0.717) is 16.7 Å². The number of pyridine rings is 1. The van der Waals surface area contributed by atoms with E-state index in [9.17, 15) is 14.7 Å². The smallest absolute Gasteiger partial charge is 0.335 e. The molecule has 0 spiro atoms. The van der Waals surface area contributed by atoms with Gasteiger partial charge < -0.3 is 9.84 Å². The van der Waals surface area contributed by atoms with Gasteiger partial charge in [0, 0.05) is 11.5 Å². The van der Waals surface area contributed by atoms with Gasteiger partial charge in [0.2, 0.25) is 0 Å². The fraction of sp³-hybridized carbons (Fsp3) is 0.158. The first-order valence-electron chi connectivity index (χ1n) is 7.54. The normalized spacial score (nSPS) is 12.1. The minimum absolute atomic E-state index is 0.122. The maximum absolute atomic E-state index is 12.5. The predicted molar refractivity (Wildman–Crippen MR) is 92.0 cm³/mol. The Kier molecular flexibility index (Phi) is 4.08. The van der Waals surface area contributed by atoms with Crippen LogP contribution in [0.4, 0.5) is 0 Å². The van der Waals surface area contributed by atoms with Gasteiger partial charge in [-0.1, -0.05) is 30.3 Å². The van der Waals surface area contributed by atoms with Crippen LogP contribution in [0.3, 0.4) is 0 Å². The second kappa shape index (κ2) is 6.20. The first kappa shape index (κ1) is 15.8. The average molecular weight is 323 g/mol. The molecule has 1 N–H and O–H groups in total. The van der Waals surface area contributed by atoms with E-state index in [1.807, 2.05) is 37.3 Å². The van der Waals surface area contributed by atoms with Gasteiger partial charge in [-0.2, -0.15) is 0 Å². The summed E-state index contributed by atoms with van der Waals surface area (Å²) in [6.07, 6.45) is 0. The molecular weight excluding hydrogens is 306 g/mol. The lowest BCUT2D eigenvalue weighted by atomic mass is 10.1. The van der Waals surface area contributed by atoms with Crippen molar-refractivity contribution in [1.29, 1.82) is 0 Å². The number of hydrogen-bond acceptors (Lipinski definition) is 3. The van der Waals surface area contributed by atoms with E-state index >= 15 is 0 Å². The van der Waals surface area contributed by atoms with Crippen molar-refractivity contribution >= 4 is 16.9 Å². The summed E-state index contributed by atoms with van der Waals surface area (Å²) in [4.78, 5) is 23.8. The number of rotatable bonds is 4. The van der Waals surface area contributed by atoms with Crippen LogP contribution in [0.5, 0.6) is 5.75 Å². The average Bonchev–Trinajstić information content (AvgIpc) is 2.61. The molecule has 24 heavy (non-hydrogen) atoms. The van der Waals surface area contributed by atoms with Crippen molar-refractivity contribution in [2.45, 2.75) is 13.0 Å². The van der Waals surface area contributed by atoms with Gasteiger partial charge in [0.25, 0.3) is 5.56 Å². The summed E-state index contributed by atoms with van der Waals surface area (Å²) in [5.41, 5.74) is 1.53. The Morgan fingerprint density at radius 3 is 2.46 bits per heavy atom. The molecule has 0 aliphatic carbocycles. The molecule has 1 unspecified atom stereocenters. The highest BCUT2D eigenvalue weighted by Gasteiger charge is 2.18. The van der Waals surface area contributed by atoms with Crippen LogP contribution < -0.4 is 10.3 Å². The van der Waals surface area contributed by atoms with Gasteiger partial charge in [0.05, 0.1) is 24.2 Å². The van der Waals surface area contributed by atoms with Gasteiger partial charge in [0.15, 0.2) is 0 Å². The van der Waals surface area contributed by atoms with Gasteiger partial charge in [-0.15, -0.1) is 0 Å². The van der Waals surface area contributed by atoms with Crippen molar-refractivity contribution < 1.29 is 14.6 Å². The number of methoxy groups -OCH3 is 1. The van der Waals surface area contributed by atoms with Crippen molar-refractivity contribution in [3.63, 3.8) is 0 Å². The van der Waals surface area contributed by atoms with Crippen molar-refractivity contribution in [2.75, 3.05) is 7.11 Å². The number of aromatic carboxylic acids is 1. The van der Waals surface area contributed by atoms with E-state index in [4.69, 9.17) is 4.74 Å². The van der Waals surface area contributed by atoms with Crippen LogP contribution in [0.25, 0.3) is 10.9 Å². The number of fused-ring (bicyclic) bond motifs is 1. The van der Waals surface area contributed by atoms with Gasteiger partial charge in [0.1, 0.15) is 5.75 Å². The zero-order chi connectivity index (χ0) is 17.3. The largest absolute Gasteiger partial charge is 0.495 e. The monoisotopic (exact) mass is 323 g/mol. The number of carbonyl (C=O) groups is 1. The lowest BCUT2D eigenvalue weighted by molar-refractivity contribution is 0.0696. The van der Waals surface area contributed by atoms with Crippen molar-refractivity contribution in [1.82, 2.24) is 4.57 Å². The lowest BCUT2D eigenvalue weighted by Crippen LogP contribution is -2.24. The van der Waals surface area contributed by atoms with Crippen LogP contribution in [-0.2, 0) is 0 Å². The first-order valence-corrected chi connectivity index (χ1v) is 7.54. The van der Waals surface area contributed by atoms with Crippen LogP contribution >= 0.6 is 0 Å². The SMILES string of the molecule is COc1cc(C(=O)O)cc2ccc(=O)n(C(C)c3ccccc3)c12. The summed E-state index contributed by atoms with van der Waals surface area (Å²) in [5.74, 6) is -0.672. The maximum atomic E-state index is 12.5. The maximum Gasteiger partial charge on any atom is 0.335 e. The van der Waals surface area contributed by atoms with Crippen LogP contribution in [-0.4, -0.2) is 22.8 Å². The number of carboxylic acid groups (broad SMARTS) is 1. The molecule has 0 fully saturated rings. The molecular formula is C19H17NO4. The zero-order valence-corrected chi connectivity index (χ0v) is 13.4. The topological polar surface area (TPSA) is 68.5 Å². The number of carboxylic acids is 1. The van der Waals surface area contributed by atoms with E-state index in [0.717, 1.165) is 5.56 Å². The Morgan fingerprint density at radius 1 is 1.12 bits per heavy atom. The summed E-state index contributed by atoms with van der Waals surface area (Å²) in [5, 5.41) is 9.90. The van der Waals surface area contributed by atoms with E-state index in [2.05, 4.69) is 0 Å². The highest BCUT2D eigenvalue weighted by atomic mass is 16.5. The third kappa shape index (κ3) is 2.65. The molecule has 1 aromatic heterocycles. The number of hydrogen-bond donors (Lipinski definition) is 1. The third-order valence-corrected chi connectivity index (χ3v) is 4.12. The zero-order valence-electron chi connectivity index (χ0n) is 13.4. The minimum Gasteiger partial charge on any atom is -0.495 e. The molecule has 2 aromatic carbocycles. The van der Waals surface area contributed by atoms with Gasteiger partial charge in [-0.05, 0) is 30.7 Å². The van der Waals surface area contributed by atoms with Crippen LogP contribution in [0, 0.1) is 0 Å². The molecule has 5 heteroatoms. The summed E-state index contributed by atoms with van der Waals surface area (Å²) in [7, 11) is 1.47. The minimum atomic E-state index is -1.04. The molecule has 0 aliphatic heterocycles. The molecule has 0 aliphatic rings. The molecule has 0 saturated carbocycles. The van der Waals surface area contributed by atoms with E-state index < -0.39 is 5.97 Å². The second-order valence-electron chi connectivity index (χ2n) is 5.55. The fourth-order valence-corrected chi connectivity index (χ4v) is 2.91. The van der Waals surface area contributed by atoms with E-state index in [1.165, 1.54) is 19.2 Å². The molecule has 3 aromatic rings. The van der Waals surface area contributed by atoms with Crippen LogP contribution in [0.2, 0.25) is 0 Å². The molecule has 122 valence electrons. The van der Waals surface area contributed by atoms with Gasteiger partial charge >= 0.3 is 5.97 Å².